The fourth-order valence-electron chi connectivity index (χ4n) is 3.16. The molecule has 1 heterocycles. The van der Waals surface area contributed by atoms with Crippen LogP contribution in [0.15, 0.2) is 24.3 Å². The number of amides is 2. The molecule has 0 spiro atoms. The van der Waals surface area contributed by atoms with Crippen LogP contribution in [0.25, 0.3) is 0 Å². The molecule has 0 atom stereocenters. The van der Waals surface area contributed by atoms with Gasteiger partial charge >= 0.3 is 0 Å². The van der Waals surface area contributed by atoms with E-state index < -0.39 is 0 Å². The third-order valence-electron chi connectivity index (χ3n) is 4.91. The third kappa shape index (κ3) is 6.74. The van der Waals surface area contributed by atoms with E-state index in [1.54, 1.807) is 12.1 Å². The van der Waals surface area contributed by atoms with Crippen LogP contribution in [0.3, 0.4) is 0 Å². The first-order chi connectivity index (χ1) is 13.0. The van der Waals surface area contributed by atoms with Crippen molar-refractivity contribution in [3.63, 3.8) is 0 Å². The van der Waals surface area contributed by atoms with E-state index in [2.05, 4.69) is 0 Å². The Hall–Kier alpha value is -2.30. The molecule has 1 saturated heterocycles. The second-order valence-electron chi connectivity index (χ2n) is 7.19. The van der Waals surface area contributed by atoms with Crippen LogP contribution >= 0.6 is 0 Å². The molecule has 0 radical (unpaired) electrons. The lowest BCUT2D eigenvalue weighted by atomic mass is 10.0. The zero-order valence-corrected chi connectivity index (χ0v) is 16.2. The number of unbranched alkanes of at least 4 members (excludes halogenated alkanes) is 1. The molecule has 27 heavy (non-hydrogen) atoms. The fourth-order valence-corrected chi connectivity index (χ4v) is 3.16. The zero-order valence-electron chi connectivity index (χ0n) is 16.2. The molecule has 2 rings (SSSR count). The molecule has 146 valence electrons. The Morgan fingerprint density at radius 1 is 0.889 bits per heavy atom. The summed E-state index contributed by atoms with van der Waals surface area (Å²) in [6.45, 7) is 2.50. The number of aryl methyl sites for hydroxylation is 1. The van der Waals surface area contributed by atoms with Crippen LogP contribution in [0.5, 0.6) is 0 Å². The predicted octanol–water partition coefficient (Wildman–Crippen LogP) is 3.88. The molecule has 5 heteroatoms. The maximum Gasteiger partial charge on any atom is 0.260 e. The van der Waals surface area contributed by atoms with Gasteiger partial charge in [0.2, 0.25) is 5.91 Å². The Morgan fingerprint density at radius 3 is 2.07 bits per heavy atom. The van der Waals surface area contributed by atoms with E-state index in [0.717, 1.165) is 31.2 Å². The number of β-lactam (4-membered cyclic amide) rings is 1. The lowest BCUT2D eigenvalue weighted by Crippen LogP contribution is -2.47. The number of hydrogen-bond donors (Lipinski definition) is 0. The van der Waals surface area contributed by atoms with Gasteiger partial charge in [0.1, 0.15) is 11.6 Å². The van der Waals surface area contributed by atoms with E-state index in [0.29, 0.717) is 50.6 Å². The SMILES string of the molecule is CCCC(=O)CCCC(=O)CCCCc1ccc(C(=O)N2CCC2=O)cc1. The van der Waals surface area contributed by atoms with Crippen LogP contribution in [-0.4, -0.2) is 34.8 Å². The summed E-state index contributed by atoms with van der Waals surface area (Å²) in [5.41, 5.74) is 1.67. The Labute approximate surface area is 161 Å². The molecule has 1 aliphatic rings. The molecule has 1 fully saturated rings. The van der Waals surface area contributed by atoms with Gasteiger partial charge in [-0.1, -0.05) is 19.1 Å². The van der Waals surface area contributed by atoms with E-state index in [4.69, 9.17) is 0 Å². The van der Waals surface area contributed by atoms with Gasteiger partial charge in [-0.3, -0.25) is 24.1 Å². The van der Waals surface area contributed by atoms with E-state index in [9.17, 15) is 19.2 Å². The molecule has 0 bridgehead atoms. The summed E-state index contributed by atoms with van der Waals surface area (Å²) in [4.78, 5) is 48.0. The second kappa shape index (κ2) is 10.8. The summed E-state index contributed by atoms with van der Waals surface area (Å²) in [6, 6.07) is 7.36. The van der Waals surface area contributed by atoms with Gasteiger partial charge in [0, 0.05) is 44.2 Å². The number of hydrogen-bond acceptors (Lipinski definition) is 4. The molecule has 1 aliphatic heterocycles. The van der Waals surface area contributed by atoms with Crippen molar-refractivity contribution in [2.24, 2.45) is 0 Å². The summed E-state index contributed by atoms with van der Waals surface area (Å²) >= 11 is 0. The van der Waals surface area contributed by atoms with Crippen molar-refractivity contribution in [1.82, 2.24) is 4.90 Å². The van der Waals surface area contributed by atoms with Gasteiger partial charge in [-0.05, 0) is 49.8 Å². The molecule has 0 aromatic heterocycles. The van der Waals surface area contributed by atoms with Crippen molar-refractivity contribution in [3.8, 4) is 0 Å². The third-order valence-corrected chi connectivity index (χ3v) is 4.91. The number of carbonyl (C=O) groups excluding carboxylic acids is 4. The van der Waals surface area contributed by atoms with Crippen molar-refractivity contribution in [2.75, 3.05) is 6.54 Å². The van der Waals surface area contributed by atoms with Gasteiger partial charge < -0.3 is 0 Å². The molecular weight excluding hydrogens is 342 g/mol. The average Bonchev–Trinajstić information content (AvgIpc) is 2.64. The highest BCUT2D eigenvalue weighted by atomic mass is 16.2. The van der Waals surface area contributed by atoms with Crippen LogP contribution in [0.2, 0.25) is 0 Å². The quantitative estimate of drug-likeness (QED) is 0.317. The number of carbonyl (C=O) groups is 4. The van der Waals surface area contributed by atoms with E-state index in [-0.39, 0.29) is 23.4 Å². The smallest absolute Gasteiger partial charge is 0.260 e. The van der Waals surface area contributed by atoms with E-state index >= 15 is 0 Å². The number of ketones is 2. The van der Waals surface area contributed by atoms with Crippen molar-refractivity contribution >= 4 is 23.4 Å². The maximum absolute atomic E-state index is 12.1. The minimum Gasteiger partial charge on any atom is -0.300 e. The lowest BCUT2D eigenvalue weighted by molar-refractivity contribution is -0.136. The molecule has 0 unspecified atom stereocenters. The van der Waals surface area contributed by atoms with Crippen LogP contribution < -0.4 is 0 Å². The summed E-state index contributed by atoms with van der Waals surface area (Å²) in [5.74, 6) is 0.162. The summed E-state index contributed by atoms with van der Waals surface area (Å²) in [5, 5.41) is 0. The highest BCUT2D eigenvalue weighted by Gasteiger charge is 2.30. The standard InChI is InChI=1S/C22H29NO4/c1-2-6-19(24)9-5-10-20(25)8-4-3-7-17-11-13-18(14-12-17)22(27)23-16-15-21(23)26/h11-14H,2-10,15-16H2,1H3. The highest BCUT2D eigenvalue weighted by molar-refractivity contribution is 6.07. The Kier molecular flexibility index (Phi) is 8.37. The first-order valence-electron chi connectivity index (χ1n) is 9.98. The van der Waals surface area contributed by atoms with E-state index in [1.165, 1.54) is 4.90 Å². The fraction of sp³-hybridized carbons (Fsp3) is 0.545. The molecular formula is C22H29NO4. The van der Waals surface area contributed by atoms with Gasteiger partial charge in [0.15, 0.2) is 0 Å². The van der Waals surface area contributed by atoms with Crippen LogP contribution in [0, 0.1) is 0 Å². The van der Waals surface area contributed by atoms with Crippen molar-refractivity contribution in [1.29, 1.82) is 0 Å². The molecule has 1 aromatic carbocycles. The van der Waals surface area contributed by atoms with Crippen molar-refractivity contribution in [3.05, 3.63) is 35.4 Å². The normalized spacial score (nSPS) is 13.4. The number of nitrogens with zero attached hydrogens (tertiary/aromatic N) is 1. The molecule has 2 amide bonds. The molecule has 1 aromatic rings. The van der Waals surface area contributed by atoms with Gasteiger partial charge in [-0.2, -0.15) is 0 Å². The predicted molar refractivity (Wildman–Crippen MR) is 103 cm³/mol. The minimum atomic E-state index is -0.221. The lowest BCUT2D eigenvalue weighted by Gasteiger charge is -2.28. The van der Waals surface area contributed by atoms with Crippen LogP contribution in [0.4, 0.5) is 0 Å². The molecule has 5 nitrogen and oxygen atoms in total. The average molecular weight is 371 g/mol. The first kappa shape index (κ1) is 21.0. The molecule has 0 N–H and O–H groups in total. The highest BCUT2D eigenvalue weighted by Crippen LogP contribution is 2.16. The Bertz CT molecular complexity index is 678. The van der Waals surface area contributed by atoms with Crippen molar-refractivity contribution in [2.45, 2.75) is 71.1 Å². The second-order valence-corrected chi connectivity index (χ2v) is 7.19. The topological polar surface area (TPSA) is 71.5 Å². The number of Topliss-reactive ketones (excluding diaryl/α,β-unsaturated/α-hetero) is 2. The van der Waals surface area contributed by atoms with Gasteiger partial charge in [-0.25, -0.2) is 0 Å². The Morgan fingerprint density at radius 2 is 1.52 bits per heavy atom. The van der Waals surface area contributed by atoms with Crippen LogP contribution in [-0.2, 0) is 20.8 Å². The molecule has 0 aliphatic carbocycles. The number of rotatable bonds is 12. The first-order valence-corrected chi connectivity index (χ1v) is 9.98. The number of imide groups is 1. The van der Waals surface area contributed by atoms with Gasteiger partial charge in [0.05, 0.1) is 0 Å². The zero-order chi connectivity index (χ0) is 19.6. The summed E-state index contributed by atoms with van der Waals surface area (Å²) < 4.78 is 0. The largest absolute Gasteiger partial charge is 0.300 e. The maximum atomic E-state index is 12.1. The number of likely N-dealkylation sites (tertiary alicyclic amines) is 1. The minimum absolute atomic E-state index is 0.108. The summed E-state index contributed by atoms with van der Waals surface area (Å²) in [7, 11) is 0. The number of benzene rings is 1. The Balaban J connectivity index is 1.61. The molecule has 0 saturated carbocycles. The van der Waals surface area contributed by atoms with Gasteiger partial charge in [-0.15, -0.1) is 0 Å². The van der Waals surface area contributed by atoms with Crippen molar-refractivity contribution < 1.29 is 19.2 Å². The van der Waals surface area contributed by atoms with Gasteiger partial charge in [0.25, 0.3) is 5.91 Å². The monoisotopic (exact) mass is 371 g/mol. The van der Waals surface area contributed by atoms with E-state index in [1.807, 2.05) is 19.1 Å². The summed E-state index contributed by atoms with van der Waals surface area (Å²) in [6.07, 6.45) is 6.82. The van der Waals surface area contributed by atoms with Crippen LogP contribution in [0.1, 0.15) is 80.6 Å².